The Bertz CT molecular complexity index is 744. The Kier molecular flexibility index (Phi) is 7.50. The predicted molar refractivity (Wildman–Crippen MR) is 112 cm³/mol. The molecule has 1 fully saturated rings. The topological polar surface area (TPSA) is 43.4 Å². The second-order valence-corrected chi connectivity index (χ2v) is 8.23. The smallest absolute Gasteiger partial charge is 0.316 e. The van der Waals surface area contributed by atoms with Crippen LogP contribution in [0.4, 0.5) is 0 Å². The maximum Gasteiger partial charge on any atom is 0.316 e. The molecule has 1 saturated carbocycles. The largest absolute Gasteiger partial charge is 0.465 e. The van der Waals surface area contributed by atoms with Crippen molar-refractivity contribution in [2.75, 3.05) is 6.61 Å². The lowest BCUT2D eigenvalue weighted by Gasteiger charge is -2.33. The monoisotopic (exact) mass is 400 g/mol. The summed E-state index contributed by atoms with van der Waals surface area (Å²) >= 11 is 6.27. The fourth-order valence-corrected chi connectivity index (χ4v) is 4.71. The minimum absolute atomic E-state index is 0.0240. The maximum absolute atomic E-state index is 13.2. The van der Waals surface area contributed by atoms with Crippen molar-refractivity contribution in [1.29, 1.82) is 0 Å². The second kappa shape index (κ2) is 10.1. The van der Waals surface area contributed by atoms with Gasteiger partial charge in [0.25, 0.3) is 0 Å². The molecule has 0 saturated heterocycles. The molecule has 1 aromatic carbocycles. The van der Waals surface area contributed by atoms with Gasteiger partial charge in [0.15, 0.2) is 5.78 Å². The highest BCUT2D eigenvalue weighted by molar-refractivity contribution is 6.31. The lowest BCUT2D eigenvalue weighted by molar-refractivity contribution is -0.153. The van der Waals surface area contributed by atoms with Crippen LogP contribution in [-0.4, -0.2) is 18.4 Å². The molecular weight excluding hydrogens is 372 g/mol. The zero-order valence-corrected chi connectivity index (χ0v) is 17.2. The zero-order valence-electron chi connectivity index (χ0n) is 16.5. The number of Topliss-reactive ketones (excluding diaryl/α,β-unsaturated/α-hetero) is 1. The summed E-state index contributed by atoms with van der Waals surface area (Å²) in [5, 5.41) is 0.588. The van der Waals surface area contributed by atoms with Crippen LogP contribution in [0.15, 0.2) is 48.6 Å². The standard InChI is InChI=1S/C24H29ClO3/c1-2-28-24(27)21(16-20-10-6-7-11-22(20)25)23(26)19-14-12-18(13-15-19)17-8-4-3-5-9-17/h3-8,10-11,17-19,21H,2,9,12-16H2,1H3. The highest BCUT2D eigenvalue weighted by atomic mass is 35.5. The first-order valence-corrected chi connectivity index (χ1v) is 10.7. The first-order valence-electron chi connectivity index (χ1n) is 10.4. The molecule has 2 unspecified atom stereocenters. The Morgan fingerprint density at radius 2 is 1.89 bits per heavy atom. The van der Waals surface area contributed by atoms with Crippen molar-refractivity contribution in [2.24, 2.45) is 23.7 Å². The summed E-state index contributed by atoms with van der Waals surface area (Å²) < 4.78 is 5.22. The third-order valence-electron chi connectivity index (χ3n) is 6.09. The molecule has 2 aliphatic rings. The van der Waals surface area contributed by atoms with Gasteiger partial charge in [-0.1, -0.05) is 54.1 Å². The van der Waals surface area contributed by atoms with Gasteiger partial charge >= 0.3 is 5.97 Å². The van der Waals surface area contributed by atoms with Crippen molar-refractivity contribution in [3.8, 4) is 0 Å². The molecule has 0 radical (unpaired) electrons. The molecular formula is C24H29ClO3. The molecule has 2 atom stereocenters. The van der Waals surface area contributed by atoms with E-state index in [4.69, 9.17) is 16.3 Å². The number of benzene rings is 1. The molecule has 4 heteroatoms. The Morgan fingerprint density at radius 1 is 1.14 bits per heavy atom. The van der Waals surface area contributed by atoms with Gasteiger partial charge in [0.1, 0.15) is 5.92 Å². The van der Waals surface area contributed by atoms with E-state index >= 15 is 0 Å². The fourth-order valence-electron chi connectivity index (χ4n) is 4.49. The molecule has 3 rings (SSSR count). The van der Waals surface area contributed by atoms with Crippen LogP contribution in [0.1, 0.15) is 44.6 Å². The molecule has 0 amide bonds. The maximum atomic E-state index is 13.2. The van der Waals surface area contributed by atoms with Crippen molar-refractivity contribution in [3.63, 3.8) is 0 Å². The van der Waals surface area contributed by atoms with E-state index in [1.807, 2.05) is 18.2 Å². The zero-order chi connectivity index (χ0) is 19.9. The minimum Gasteiger partial charge on any atom is -0.465 e. The molecule has 28 heavy (non-hydrogen) atoms. The van der Waals surface area contributed by atoms with Crippen LogP contribution in [-0.2, 0) is 20.7 Å². The van der Waals surface area contributed by atoms with Crippen molar-refractivity contribution in [2.45, 2.75) is 45.4 Å². The molecule has 0 heterocycles. The van der Waals surface area contributed by atoms with Gasteiger partial charge in [-0.15, -0.1) is 0 Å². The van der Waals surface area contributed by atoms with Gasteiger partial charge in [0.05, 0.1) is 6.61 Å². The van der Waals surface area contributed by atoms with Crippen molar-refractivity contribution < 1.29 is 14.3 Å². The van der Waals surface area contributed by atoms with Crippen LogP contribution in [0.5, 0.6) is 0 Å². The highest BCUT2D eigenvalue weighted by Crippen LogP contribution is 2.38. The normalized spacial score (nSPS) is 25.3. The van der Waals surface area contributed by atoms with Crippen molar-refractivity contribution in [1.82, 2.24) is 0 Å². The van der Waals surface area contributed by atoms with E-state index < -0.39 is 11.9 Å². The summed E-state index contributed by atoms with van der Waals surface area (Å²) in [5.74, 6) is 0.000791. The molecule has 0 N–H and O–H groups in total. The Balaban J connectivity index is 1.66. The van der Waals surface area contributed by atoms with Crippen molar-refractivity contribution >= 4 is 23.4 Å². The Hall–Kier alpha value is -1.87. The van der Waals surface area contributed by atoms with Gasteiger partial charge in [-0.3, -0.25) is 9.59 Å². The lowest BCUT2D eigenvalue weighted by atomic mass is 9.71. The number of halogens is 1. The van der Waals surface area contributed by atoms with Crippen LogP contribution in [0.25, 0.3) is 0 Å². The van der Waals surface area contributed by atoms with E-state index in [9.17, 15) is 9.59 Å². The average molecular weight is 401 g/mol. The van der Waals surface area contributed by atoms with Crippen LogP contribution in [0.2, 0.25) is 5.02 Å². The Morgan fingerprint density at radius 3 is 2.54 bits per heavy atom. The van der Waals surface area contributed by atoms with E-state index in [0.717, 1.165) is 37.7 Å². The first-order chi connectivity index (χ1) is 13.6. The second-order valence-electron chi connectivity index (χ2n) is 7.83. The summed E-state index contributed by atoms with van der Waals surface area (Å²) in [6.07, 6.45) is 14.0. The van der Waals surface area contributed by atoms with Gasteiger partial charge in [-0.2, -0.15) is 0 Å². The number of hydrogen-bond acceptors (Lipinski definition) is 3. The third kappa shape index (κ3) is 5.14. The predicted octanol–water partition coefficient (Wildman–Crippen LogP) is 5.57. The number of carbonyl (C=O) groups is 2. The third-order valence-corrected chi connectivity index (χ3v) is 6.46. The van der Waals surface area contributed by atoms with E-state index in [-0.39, 0.29) is 18.3 Å². The molecule has 0 bridgehead atoms. The molecule has 150 valence electrons. The van der Waals surface area contributed by atoms with E-state index in [2.05, 4.69) is 24.3 Å². The average Bonchev–Trinajstić information content (AvgIpc) is 2.73. The summed E-state index contributed by atoms with van der Waals surface area (Å²) in [5.41, 5.74) is 0.823. The van der Waals surface area contributed by atoms with Gasteiger partial charge < -0.3 is 4.74 Å². The molecule has 1 aromatic rings. The van der Waals surface area contributed by atoms with Gasteiger partial charge in [-0.05, 0) is 68.9 Å². The summed E-state index contributed by atoms with van der Waals surface area (Å²) in [4.78, 5) is 25.8. The van der Waals surface area contributed by atoms with Crippen LogP contribution in [0.3, 0.4) is 0 Å². The van der Waals surface area contributed by atoms with Crippen LogP contribution < -0.4 is 0 Å². The number of hydrogen-bond donors (Lipinski definition) is 0. The van der Waals surface area contributed by atoms with Crippen LogP contribution >= 0.6 is 11.6 Å². The van der Waals surface area contributed by atoms with Crippen molar-refractivity contribution in [3.05, 3.63) is 59.2 Å². The molecule has 0 spiro atoms. The summed E-state index contributed by atoms with van der Waals surface area (Å²) in [6, 6.07) is 7.40. The SMILES string of the molecule is CCOC(=O)C(Cc1ccccc1Cl)C(=O)C1CCC(C2C=CC=CC2)CC1. The van der Waals surface area contributed by atoms with Gasteiger partial charge in [0, 0.05) is 10.9 Å². The number of rotatable bonds is 7. The highest BCUT2D eigenvalue weighted by Gasteiger charge is 2.37. The lowest BCUT2D eigenvalue weighted by Crippen LogP contribution is -2.35. The summed E-state index contributed by atoms with van der Waals surface area (Å²) in [6.45, 7) is 2.05. The van der Waals surface area contributed by atoms with Gasteiger partial charge in [0.2, 0.25) is 0 Å². The molecule has 0 aromatic heterocycles. The minimum atomic E-state index is -0.765. The van der Waals surface area contributed by atoms with E-state index in [1.54, 1.807) is 13.0 Å². The van der Waals surface area contributed by atoms with Gasteiger partial charge in [-0.25, -0.2) is 0 Å². The van der Waals surface area contributed by atoms with Crippen LogP contribution in [0, 0.1) is 23.7 Å². The number of allylic oxidation sites excluding steroid dienone is 4. The number of ketones is 1. The fraction of sp³-hybridized carbons (Fsp3) is 0.500. The molecule has 2 aliphatic carbocycles. The molecule has 3 nitrogen and oxygen atoms in total. The quantitative estimate of drug-likeness (QED) is 0.444. The van der Waals surface area contributed by atoms with E-state index in [0.29, 0.717) is 23.3 Å². The first kappa shape index (κ1) is 20.9. The summed E-state index contributed by atoms with van der Waals surface area (Å²) in [7, 11) is 0. The number of esters is 1. The Labute approximate surface area is 172 Å². The number of carbonyl (C=O) groups excluding carboxylic acids is 2. The molecule has 0 aliphatic heterocycles. The van der Waals surface area contributed by atoms with E-state index in [1.165, 1.54) is 0 Å². The number of ether oxygens (including phenoxy) is 1.